The maximum atomic E-state index is 13.1. The number of hydrogen-bond acceptors (Lipinski definition) is 4. The number of hydrogen-bond donors (Lipinski definition) is 2. The second kappa shape index (κ2) is 6.43. The summed E-state index contributed by atoms with van der Waals surface area (Å²) in [5, 5.41) is 0.939. The number of fused-ring (bicyclic) bond motifs is 2. The Morgan fingerprint density at radius 1 is 1.14 bits per heavy atom. The summed E-state index contributed by atoms with van der Waals surface area (Å²) in [5.74, 6) is 0. The van der Waals surface area contributed by atoms with Gasteiger partial charge in [-0.15, -0.1) is 0 Å². The van der Waals surface area contributed by atoms with Crippen LogP contribution in [0.1, 0.15) is 36.9 Å². The van der Waals surface area contributed by atoms with E-state index in [0.29, 0.717) is 23.4 Å². The van der Waals surface area contributed by atoms with Gasteiger partial charge in [0.15, 0.2) is 0 Å². The van der Waals surface area contributed by atoms with E-state index in [0.717, 1.165) is 51.9 Å². The minimum Gasteiger partial charge on any atom is -0.327 e. The second-order valence-electron chi connectivity index (χ2n) is 7.39. The molecule has 0 atom stereocenters. The lowest BCUT2D eigenvalue weighted by molar-refractivity contribution is 0.800. The van der Waals surface area contributed by atoms with Crippen LogP contribution >= 0.6 is 11.5 Å². The van der Waals surface area contributed by atoms with Crippen LogP contribution in [0, 0.1) is 0 Å². The van der Waals surface area contributed by atoms with Gasteiger partial charge in [0.1, 0.15) is 10.2 Å². The Morgan fingerprint density at radius 2 is 1.89 bits per heavy atom. The van der Waals surface area contributed by atoms with Crippen molar-refractivity contribution in [2.45, 2.75) is 38.8 Å². The van der Waals surface area contributed by atoms with Crippen LogP contribution in [0.2, 0.25) is 0 Å². The molecule has 0 radical (unpaired) electrons. The molecule has 1 aliphatic carbocycles. The largest absolute Gasteiger partial charge is 0.327 e. The van der Waals surface area contributed by atoms with Crippen molar-refractivity contribution in [2.24, 2.45) is 5.73 Å². The van der Waals surface area contributed by atoms with Crippen LogP contribution < -0.4 is 16.7 Å². The SMILES string of the molecule is CCc1c(-c2ccc(CN)cc2)ccc2c(=O)c3c(=O)[nH]sc3n(C3CC3)c12. The van der Waals surface area contributed by atoms with Crippen molar-refractivity contribution in [1.82, 2.24) is 8.94 Å². The topological polar surface area (TPSA) is 80.9 Å². The van der Waals surface area contributed by atoms with Crippen molar-refractivity contribution in [1.29, 1.82) is 0 Å². The molecule has 28 heavy (non-hydrogen) atoms. The lowest BCUT2D eigenvalue weighted by Crippen LogP contribution is -2.16. The number of nitrogens with one attached hydrogen (secondary N) is 1. The van der Waals surface area contributed by atoms with Crippen LogP contribution in [0.3, 0.4) is 0 Å². The molecule has 5 rings (SSSR count). The molecule has 3 N–H and O–H groups in total. The fourth-order valence-electron chi connectivity index (χ4n) is 4.12. The highest BCUT2D eigenvalue weighted by atomic mass is 32.1. The smallest absolute Gasteiger partial charge is 0.271 e. The molecule has 2 aromatic carbocycles. The van der Waals surface area contributed by atoms with Gasteiger partial charge in [-0.3, -0.25) is 14.0 Å². The Balaban J connectivity index is 1.91. The molecular formula is C22H21N3O2S. The van der Waals surface area contributed by atoms with E-state index in [1.54, 1.807) is 0 Å². The molecule has 1 fully saturated rings. The summed E-state index contributed by atoms with van der Waals surface area (Å²) in [6, 6.07) is 12.5. The Hall–Kier alpha value is -2.70. The van der Waals surface area contributed by atoms with Gasteiger partial charge < -0.3 is 10.3 Å². The van der Waals surface area contributed by atoms with Gasteiger partial charge in [0.05, 0.1) is 5.52 Å². The number of aromatic amines is 1. The van der Waals surface area contributed by atoms with Gasteiger partial charge in [0.2, 0.25) is 5.43 Å². The summed E-state index contributed by atoms with van der Waals surface area (Å²) in [5.41, 5.74) is 10.8. The third-order valence-electron chi connectivity index (χ3n) is 5.66. The van der Waals surface area contributed by atoms with Crippen molar-refractivity contribution < 1.29 is 0 Å². The molecule has 1 aliphatic rings. The maximum Gasteiger partial charge on any atom is 0.271 e. The summed E-state index contributed by atoms with van der Waals surface area (Å²) in [4.78, 5) is 26.2. The molecule has 0 unspecified atom stereocenters. The Morgan fingerprint density at radius 3 is 2.54 bits per heavy atom. The zero-order valence-corrected chi connectivity index (χ0v) is 16.4. The van der Waals surface area contributed by atoms with Crippen LogP contribution in [0.25, 0.3) is 32.2 Å². The zero-order valence-electron chi connectivity index (χ0n) is 15.6. The van der Waals surface area contributed by atoms with E-state index in [2.05, 4.69) is 28.0 Å². The number of rotatable bonds is 4. The molecule has 0 spiro atoms. The number of nitrogens with zero attached hydrogens (tertiary/aromatic N) is 1. The van der Waals surface area contributed by atoms with E-state index in [4.69, 9.17) is 5.73 Å². The number of aryl methyl sites for hydroxylation is 1. The van der Waals surface area contributed by atoms with Crippen molar-refractivity contribution in [3.05, 3.63) is 68.1 Å². The quantitative estimate of drug-likeness (QED) is 0.553. The van der Waals surface area contributed by atoms with E-state index >= 15 is 0 Å². The summed E-state index contributed by atoms with van der Waals surface area (Å²) < 4.78 is 5.01. The van der Waals surface area contributed by atoms with Crippen molar-refractivity contribution in [3.63, 3.8) is 0 Å². The summed E-state index contributed by atoms with van der Waals surface area (Å²) >= 11 is 1.28. The molecule has 0 bridgehead atoms. The van der Waals surface area contributed by atoms with Crippen LogP contribution in [-0.4, -0.2) is 8.94 Å². The Labute approximate surface area is 165 Å². The van der Waals surface area contributed by atoms with Gasteiger partial charge in [-0.2, -0.15) is 0 Å². The number of nitrogens with two attached hydrogens (primary N) is 1. The van der Waals surface area contributed by atoms with E-state index in [1.807, 2.05) is 24.3 Å². The predicted molar refractivity (Wildman–Crippen MR) is 115 cm³/mol. The number of aromatic nitrogens is 2. The molecule has 142 valence electrons. The van der Waals surface area contributed by atoms with Crippen molar-refractivity contribution >= 4 is 32.7 Å². The van der Waals surface area contributed by atoms with Crippen LogP contribution in [-0.2, 0) is 13.0 Å². The molecule has 0 amide bonds. The summed E-state index contributed by atoms with van der Waals surface area (Å²) in [6.07, 6.45) is 2.97. The summed E-state index contributed by atoms with van der Waals surface area (Å²) in [6.45, 7) is 2.64. The highest BCUT2D eigenvalue weighted by Gasteiger charge is 2.30. The molecule has 5 nitrogen and oxygen atoms in total. The highest BCUT2D eigenvalue weighted by Crippen LogP contribution is 2.42. The van der Waals surface area contributed by atoms with E-state index in [1.165, 1.54) is 11.5 Å². The minimum absolute atomic E-state index is 0.163. The van der Waals surface area contributed by atoms with E-state index in [9.17, 15) is 9.59 Å². The van der Waals surface area contributed by atoms with Crippen LogP contribution in [0.15, 0.2) is 46.0 Å². The molecular weight excluding hydrogens is 370 g/mol. The third-order valence-corrected chi connectivity index (χ3v) is 6.54. The number of H-pyrrole nitrogens is 1. The number of pyridine rings is 1. The monoisotopic (exact) mass is 391 g/mol. The molecule has 6 heteroatoms. The average molecular weight is 391 g/mol. The standard InChI is InChI=1S/C22H21N3O2S/c1-2-15-16(13-5-3-12(11-23)4-6-13)9-10-17-19(15)25(14-7-8-14)22-18(20(17)26)21(27)24-28-22/h3-6,9-10,14H,2,7-8,11,23H2,1H3,(H,24,27). The molecule has 0 aliphatic heterocycles. The minimum atomic E-state index is -0.277. The van der Waals surface area contributed by atoms with Gasteiger partial charge in [-0.05, 0) is 59.1 Å². The first-order chi connectivity index (χ1) is 13.6. The average Bonchev–Trinajstić information content (AvgIpc) is 3.49. The van der Waals surface area contributed by atoms with E-state index in [-0.39, 0.29) is 11.0 Å². The lowest BCUT2D eigenvalue weighted by Gasteiger charge is -2.18. The highest BCUT2D eigenvalue weighted by molar-refractivity contribution is 7.12. The van der Waals surface area contributed by atoms with Gasteiger partial charge >= 0.3 is 0 Å². The zero-order chi connectivity index (χ0) is 19.4. The molecule has 0 saturated heterocycles. The molecule has 4 aromatic rings. The second-order valence-corrected chi connectivity index (χ2v) is 8.18. The Bertz CT molecular complexity index is 1320. The first kappa shape index (κ1) is 17.4. The predicted octanol–water partition coefficient (Wildman–Crippen LogP) is 3.93. The number of benzene rings is 2. The molecule has 2 aromatic heterocycles. The fourth-order valence-corrected chi connectivity index (χ4v) is 5.04. The molecule has 2 heterocycles. The van der Waals surface area contributed by atoms with Gasteiger partial charge in [-0.25, -0.2) is 0 Å². The first-order valence-corrected chi connectivity index (χ1v) is 10.5. The van der Waals surface area contributed by atoms with Crippen molar-refractivity contribution in [3.8, 4) is 11.1 Å². The van der Waals surface area contributed by atoms with Gasteiger partial charge in [-0.1, -0.05) is 37.3 Å². The first-order valence-electron chi connectivity index (χ1n) is 9.64. The van der Waals surface area contributed by atoms with Crippen LogP contribution in [0.5, 0.6) is 0 Å². The lowest BCUT2D eigenvalue weighted by atomic mass is 9.94. The normalized spacial score (nSPS) is 14.2. The molecule has 1 saturated carbocycles. The third kappa shape index (κ3) is 2.48. The maximum absolute atomic E-state index is 13.1. The van der Waals surface area contributed by atoms with Crippen LogP contribution in [0.4, 0.5) is 0 Å². The fraction of sp³-hybridized carbons (Fsp3) is 0.273. The van der Waals surface area contributed by atoms with Crippen molar-refractivity contribution in [2.75, 3.05) is 0 Å². The van der Waals surface area contributed by atoms with Gasteiger partial charge in [0.25, 0.3) is 5.56 Å². The van der Waals surface area contributed by atoms with Gasteiger partial charge in [0, 0.05) is 18.0 Å². The Kier molecular flexibility index (Phi) is 4.00. The van der Waals surface area contributed by atoms with E-state index < -0.39 is 0 Å². The summed E-state index contributed by atoms with van der Waals surface area (Å²) in [7, 11) is 0.